The fraction of sp³-hybridized carbons (Fsp3) is 0.500. The van der Waals surface area contributed by atoms with Crippen molar-refractivity contribution < 1.29 is 9.26 Å². The molecule has 7 heteroatoms. The molecule has 0 unspecified atom stereocenters. The van der Waals surface area contributed by atoms with Crippen LogP contribution in [0.5, 0.6) is 5.88 Å². The summed E-state index contributed by atoms with van der Waals surface area (Å²) in [7, 11) is 1.53. The van der Waals surface area contributed by atoms with Gasteiger partial charge in [-0.15, -0.1) is 10.2 Å². The van der Waals surface area contributed by atoms with E-state index in [9.17, 15) is 0 Å². The molecule has 2 heterocycles. The first-order valence-electron chi connectivity index (χ1n) is 5.97. The number of methoxy groups -OCH3 is 1. The first kappa shape index (κ1) is 13.4. The lowest BCUT2D eigenvalue weighted by molar-refractivity contribution is 0.358. The lowest BCUT2D eigenvalue weighted by atomic mass is 10.0. The molecule has 0 spiro atoms. The summed E-state index contributed by atoms with van der Waals surface area (Å²) >= 11 is 0. The van der Waals surface area contributed by atoms with Gasteiger partial charge in [-0.05, 0) is 26.3 Å². The van der Waals surface area contributed by atoms with E-state index in [2.05, 4.69) is 20.3 Å². The Morgan fingerprint density at radius 3 is 2.68 bits per heavy atom. The highest BCUT2D eigenvalue weighted by atomic mass is 16.5. The van der Waals surface area contributed by atoms with Crippen molar-refractivity contribution in [1.29, 1.82) is 0 Å². The minimum absolute atomic E-state index is 0.255. The molecule has 102 valence electrons. The summed E-state index contributed by atoms with van der Waals surface area (Å²) in [5.41, 5.74) is 6.20. The summed E-state index contributed by atoms with van der Waals surface area (Å²) in [6, 6.07) is 3.43. The Balaban J connectivity index is 2.07. The van der Waals surface area contributed by atoms with Crippen LogP contribution in [0.15, 0.2) is 16.7 Å². The number of aryl methyl sites for hydroxylation is 1. The van der Waals surface area contributed by atoms with Gasteiger partial charge in [0.1, 0.15) is 5.69 Å². The summed E-state index contributed by atoms with van der Waals surface area (Å²) in [4.78, 5) is 4.26. The van der Waals surface area contributed by atoms with Crippen LogP contribution in [0.4, 0.5) is 0 Å². The van der Waals surface area contributed by atoms with Crippen molar-refractivity contribution in [2.75, 3.05) is 7.11 Å². The summed E-state index contributed by atoms with van der Waals surface area (Å²) < 4.78 is 10.1. The van der Waals surface area contributed by atoms with E-state index >= 15 is 0 Å². The average Bonchev–Trinajstić information content (AvgIpc) is 2.84. The highest BCUT2D eigenvalue weighted by molar-refractivity contribution is 5.47. The second-order valence-corrected chi connectivity index (χ2v) is 4.96. The molecule has 0 aromatic carbocycles. The van der Waals surface area contributed by atoms with Gasteiger partial charge >= 0.3 is 0 Å². The molecule has 7 nitrogen and oxygen atoms in total. The maximum absolute atomic E-state index is 5.91. The maximum Gasteiger partial charge on any atom is 0.233 e. The Bertz CT molecular complexity index is 530. The molecule has 0 saturated carbocycles. The van der Waals surface area contributed by atoms with Crippen molar-refractivity contribution >= 4 is 0 Å². The number of hydrogen-bond donors (Lipinski definition) is 1. The van der Waals surface area contributed by atoms with Crippen LogP contribution in [0.3, 0.4) is 0 Å². The Kier molecular flexibility index (Phi) is 3.75. The number of nitrogens with zero attached hydrogens (tertiary/aromatic N) is 4. The fourth-order valence-electron chi connectivity index (χ4n) is 1.44. The van der Waals surface area contributed by atoms with Crippen LogP contribution in [0.1, 0.15) is 26.2 Å². The lowest BCUT2D eigenvalue weighted by Gasteiger charge is -2.16. The van der Waals surface area contributed by atoms with E-state index < -0.39 is 0 Å². The molecule has 2 aromatic heterocycles. The molecule has 0 aliphatic rings. The van der Waals surface area contributed by atoms with Gasteiger partial charge < -0.3 is 15.0 Å². The Morgan fingerprint density at radius 1 is 1.32 bits per heavy atom. The molecule has 0 radical (unpaired) electrons. The summed E-state index contributed by atoms with van der Waals surface area (Å²) in [6.07, 6.45) is 1.41. The monoisotopic (exact) mass is 263 g/mol. The van der Waals surface area contributed by atoms with Gasteiger partial charge in [0.15, 0.2) is 0 Å². The molecule has 2 aromatic rings. The van der Waals surface area contributed by atoms with Gasteiger partial charge in [-0.3, -0.25) is 0 Å². The van der Waals surface area contributed by atoms with E-state index in [1.165, 1.54) is 7.11 Å². The predicted molar refractivity (Wildman–Crippen MR) is 68.5 cm³/mol. The van der Waals surface area contributed by atoms with Crippen LogP contribution < -0.4 is 10.5 Å². The van der Waals surface area contributed by atoms with Crippen molar-refractivity contribution in [3.63, 3.8) is 0 Å². The van der Waals surface area contributed by atoms with Gasteiger partial charge in [-0.25, -0.2) is 0 Å². The van der Waals surface area contributed by atoms with Crippen LogP contribution in [0.25, 0.3) is 11.5 Å². The van der Waals surface area contributed by atoms with Gasteiger partial charge in [0.25, 0.3) is 0 Å². The molecule has 2 rings (SSSR count). The number of aromatic nitrogens is 4. The zero-order chi connectivity index (χ0) is 13.9. The van der Waals surface area contributed by atoms with Crippen molar-refractivity contribution in [2.45, 2.75) is 32.2 Å². The molecule has 0 amide bonds. The molecule has 0 fully saturated rings. The number of nitrogens with two attached hydrogens (primary N) is 1. The van der Waals surface area contributed by atoms with Crippen LogP contribution in [0, 0.1) is 0 Å². The topological polar surface area (TPSA) is 100.0 Å². The van der Waals surface area contributed by atoms with E-state index in [1.54, 1.807) is 12.1 Å². The van der Waals surface area contributed by atoms with Gasteiger partial charge in [-0.2, -0.15) is 4.98 Å². The quantitative estimate of drug-likeness (QED) is 0.865. The Hall–Kier alpha value is -2.02. The molecule has 0 bridgehead atoms. The molecule has 19 heavy (non-hydrogen) atoms. The van der Waals surface area contributed by atoms with Crippen LogP contribution in [0.2, 0.25) is 0 Å². The molecular weight excluding hydrogens is 246 g/mol. The van der Waals surface area contributed by atoms with Gasteiger partial charge in [0.05, 0.1) is 7.11 Å². The van der Waals surface area contributed by atoms with E-state index in [4.69, 9.17) is 15.0 Å². The SMILES string of the molecule is COc1ccc(-c2noc(CCC(C)(C)N)n2)nn1. The van der Waals surface area contributed by atoms with E-state index in [0.717, 1.165) is 6.42 Å². The maximum atomic E-state index is 5.91. The molecule has 0 atom stereocenters. The largest absolute Gasteiger partial charge is 0.480 e. The first-order chi connectivity index (χ1) is 8.98. The fourth-order valence-corrected chi connectivity index (χ4v) is 1.44. The highest BCUT2D eigenvalue weighted by Gasteiger charge is 2.15. The minimum Gasteiger partial charge on any atom is -0.480 e. The normalized spacial score (nSPS) is 11.6. The number of hydrogen-bond acceptors (Lipinski definition) is 7. The van der Waals surface area contributed by atoms with Crippen molar-refractivity contribution in [1.82, 2.24) is 20.3 Å². The zero-order valence-corrected chi connectivity index (χ0v) is 11.3. The second-order valence-electron chi connectivity index (χ2n) is 4.96. The molecule has 0 aliphatic heterocycles. The Morgan fingerprint density at radius 2 is 2.11 bits per heavy atom. The zero-order valence-electron chi connectivity index (χ0n) is 11.3. The molecule has 2 N–H and O–H groups in total. The molecule has 0 aliphatic carbocycles. The van der Waals surface area contributed by atoms with Crippen molar-refractivity contribution in [3.05, 3.63) is 18.0 Å². The van der Waals surface area contributed by atoms with E-state index in [1.807, 2.05) is 13.8 Å². The average molecular weight is 263 g/mol. The van der Waals surface area contributed by atoms with Gasteiger partial charge in [0, 0.05) is 18.0 Å². The third-order valence-electron chi connectivity index (χ3n) is 2.53. The summed E-state index contributed by atoms with van der Waals surface area (Å²) in [5, 5.41) is 11.7. The summed E-state index contributed by atoms with van der Waals surface area (Å²) in [5.74, 6) is 1.41. The third-order valence-corrected chi connectivity index (χ3v) is 2.53. The van der Waals surface area contributed by atoms with E-state index in [0.29, 0.717) is 29.7 Å². The Labute approximate surface area is 111 Å². The predicted octanol–water partition coefficient (Wildman–Crippen LogP) is 1.21. The molecule has 0 saturated heterocycles. The van der Waals surface area contributed by atoms with E-state index in [-0.39, 0.29) is 5.54 Å². The first-order valence-corrected chi connectivity index (χ1v) is 5.97. The van der Waals surface area contributed by atoms with Crippen molar-refractivity contribution in [2.24, 2.45) is 5.73 Å². The van der Waals surface area contributed by atoms with Crippen molar-refractivity contribution in [3.8, 4) is 17.4 Å². The lowest BCUT2D eigenvalue weighted by Crippen LogP contribution is -2.32. The number of ether oxygens (including phenoxy) is 1. The second kappa shape index (κ2) is 5.31. The highest BCUT2D eigenvalue weighted by Crippen LogP contribution is 2.16. The molecular formula is C12H17N5O2. The van der Waals surface area contributed by atoms with Crippen LogP contribution in [-0.4, -0.2) is 33.0 Å². The number of rotatable bonds is 5. The standard InChI is InChI=1S/C12H17N5O2/c1-12(2,13)7-6-9-14-11(17-19-9)8-4-5-10(18-3)16-15-8/h4-5H,6-7,13H2,1-3H3. The minimum atomic E-state index is -0.255. The third kappa shape index (κ3) is 3.72. The smallest absolute Gasteiger partial charge is 0.233 e. The van der Waals surface area contributed by atoms with Crippen LogP contribution >= 0.6 is 0 Å². The van der Waals surface area contributed by atoms with Crippen LogP contribution in [-0.2, 0) is 6.42 Å². The van der Waals surface area contributed by atoms with Gasteiger partial charge in [-0.1, -0.05) is 5.16 Å². The van der Waals surface area contributed by atoms with Gasteiger partial charge in [0.2, 0.25) is 17.6 Å². The summed E-state index contributed by atoms with van der Waals surface area (Å²) in [6.45, 7) is 3.92.